The van der Waals surface area contributed by atoms with Crippen LogP contribution in [0.3, 0.4) is 0 Å². The van der Waals surface area contributed by atoms with Gasteiger partial charge < -0.3 is 0 Å². The van der Waals surface area contributed by atoms with Crippen molar-refractivity contribution in [2.45, 2.75) is 0 Å². The molecule has 0 radical (unpaired) electrons. The van der Waals surface area contributed by atoms with Gasteiger partial charge in [-0.1, -0.05) is 0 Å². The van der Waals surface area contributed by atoms with Crippen LogP contribution in [0.1, 0.15) is 0 Å². The number of ketones is 1. The van der Waals surface area contributed by atoms with Crippen LogP contribution in [0.15, 0.2) is 0 Å². The molecule has 34 valence electrons. The maximum absolute atomic E-state index is 10.1. The summed E-state index contributed by atoms with van der Waals surface area (Å²) in [5.41, 5.74) is 0. The summed E-state index contributed by atoms with van der Waals surface area (Å²) < 4.78 is 0. The lowest BCUT2D eigenvalue weighted by Crippen LogP contribution is -1.95. The number of carbonyl (C=O) groups is 1. The fourth-order valence-electron chi connectivity index (χ4n) is 0.0589. The number of hydrogen-bond acceptors (Lipinski definition) is 1. The molecule has 0 saturated heterocycles. The van der Waals surface area contributed by atoms with Crippen molar-refractivity contribution in [2.75, 3.05) is 6.16 Å². The van der Waals surface area contributed by atoms with Gasteiger partial charge in [-0.3, -0.25) is 4.79 Å². The van der Waals surface area contributed by atoms with Crippen molar-refractivity contribution < 1.29 is 4.79 Å². The molecular weight excluding hydrogens is 114 g/mol. The fraction of sp³-hybridized carbons (Fsp3) is 0.333. The lowest BCUT2D eigenvalue weighted by molar-refractivity contribution is -0.110. The predicted octanol–water partition coefficient (Wildman–Crippen LogP) is 0.376. The molecule has 0 aromatic heterocycles. The standard InChI is InChI=1S/C3H6OP2/c4-3(1-5)2-6/h1,5H,2,6H2. The van der Waals surface area contributed by atoms with Gasteiger partial charge in [0.25, 0.3) is 0 Å². The molecule has 1 unspecified atom stereocenters. The number of hydrogen-bond donors (Lipinski definition) is 0. The third-order valence-corrected chi connectivity index (χ3v) is 1.09. The molecule has 0 aromatic rings. The van der Waals surface area contributed by atoms with E-state index in [1.807, 2.05) is 0 Å². The molecule has 1 nitrogen and oxygen atoms in total. The van der Waals surface area contributed by atoms with Crippen LogP contribution >= 0.6 is 18.1 Å². The van der Waals surface area contributed by atoms with Crippen molar-refractivity contribution in [1.29, 1.82) is 0 Å². The predicted molar refractivity (Wildman–Crippen MR) is 34.0 cm³/mol. The minimum atomic E-state index is 0.0941. The van der Waals surface area contributed by atoms with E-state index in [2.05, 4.69) is 18.1 Å². The summed E-state index contributed by atoms with van der Waals surface area (Å²) in [6, 6.07) is 0. The lowest BCUT2D eigenvalue weighted by Gasteiger charge is -1.74. The number of carbonyl (C=O) groups excluding carboxylic acids is 1. The molecule has 1 atom stereocenters. The van der Waals surface area contributed by atoms with Gasteiger partial charge in [0.2, 0.25) is 0 Å². The Balaban J connectivity index is 3.23. The molecule has 0 N–H and O–H groups in total. The molecule has 0 aliphatic heterocycles. The van der Waals surface area contributed by atoms with Crippen molar-refractivity contribution in [1.82, 2.24) is 0 Å². The van der Waals surface area contributed by atoms with E-state index in [0.29, 0.717) is 6.16 Å². The van der Waals surface area contributed by atoms with Gasteiger partial charge >= 0.3 is 0 Å². The van der Waals surface area contributed by atoms with Crippen molar-refractivity contribution >= 4 is 29.7 Å². The summed E-state index contributed by atoms with van der Waals surface area (Å²) in [5.74, 6) is 1.46. The van der Waals surface area contributed by atoms with E-state index in [0.717, 1.165) is 0 Å². The van der Waals surface area contributed by atoms with Crippen LogP contribution in [0.2, 0.25) is 0 Å². The van der Waals surface area contributed by atoms with Gasteiger partial charge in [0.1, 0.15) is 0 Å². The number of rotatable bonds is 2. The first-order valence-electron chi connectivity index (χ1n) is 1.54. The van der Waals surface area contributed by atoms with E-state index in [-0.39, 0.29) is 5.78 Å². The Bertz CT molecular complexity index is 69.2. The topological polar surface area (TPSA) is 17.1 Å². The summed E-state index contributed by atoms with van der Waals surface area (Å²) >= 11 is 0. The minimum absolute atomic E-state index is 0.0941. The largest absolute Gasteiger partial charge is 0.294 e. The molecular formula is C3H6OP2. The monoisotopic (exact) mass is 120 g/mol. The zero-order valence-corrected chi connectivity index (χ0v) is 5.42. The van der Waals surface area contributed by atoms with Gasteiger partial charge in [-0.2, -0.15) is 0 Å². The number of Topliss-reactive ketones (excluding diaryl/α,β-unsaturated/α-hetero) is 1. The Kier molecular flexibility index (Phi) is 3.62. The SMILES string of the molecule is O=C(C=P)CP. The summed E-state index contributed by atoms with van der Waals surface area (Å²) in [7, 11) is 5.26. The summed E-state index contributed by atoms with van der Waals surface area (Å²) in [6.45, 7) is 0. The molecule has 0 fully saturated rings. The van der Waals surface area contributed by atoms with Gasteiger partial charge in [-0.05, 0) is 0 Å². The van der Waals surface area contributed by atoms with E-state index in [1.165, 1.54) is 5.80 Å². The first-order valence-corrected chi connectivity index (χ1v) is 2.94. The Hall–Kier alpha value is 0.270. The summed E-state index contributed by atoms with van der Waals surface area (Å²) in [4.78, 5) is 10.1. The van der Waals surface area contributed by atoms with Gasteiger partial charge in [0.05, 0.1) is 0 Å². The quantitative estimate of drug-likeness (QED) is 0.481. The van der Waals surface area contributed by atoms with Crippen molar-refractivity contribution in [3.8, 4) is 0 Å². The van der Waals surface area contributed by atoms with Gasteiger partial charge in [-0.25, -0.2) is 0 Å². The minimum Gasteiger partial charge on any atom is -0.294 e. The Labute approximate surface area is 41.5 Å². The highest BCUT2D eigenvalue weighted by atomic mass is 31.0. The highest BCUT2D eigenvalue weighted by Gasteiger charge is 1.82. The van der Waals surface area contributed by atoms with E-state index < -0.39 is 0 Å². The molecule has 0 amide bonds. The zero-order valence-electron chi connectivity index (χ0n) is 3.27. The van der Waals surface area contributed by atoms with Crippen molar-refractivity contribution in [2.24, 2.45) is 0 Å². The molecule has 0 spiro atoms. The van der Waals surface area contributed by atoms with E-state index in [9.17, 15) is 4.79 Å². The van der Waals surface area contributed by atoms with E-state index in [1.54, 1.807) is 0 Å². The van der Waals surface area contributed by atoms with Crippen molar-refractivity contribution in [3.05, 3.63) is 0 Å². The molecule has 0 rings (SSSR count). The second kappa shape index (κ2) is 3.46. The first kappa shape index (κ1) is 6.27. The van der Waals surface area contributed by atoms with E-state index in [4.69, 9.17) is 0 Å². The van der Waals surface area contributed by atoms with Gasteiger partial charge in [-0.15, -0.1) is 18.1 Å². The third-order valence-electron chi connectivity index (χ3n) is 0.362. The highest BCUT2D eigenvalue weighted by molar-refractivity contribution is 7.25. The maximum Gasteiger partial charge on any atom is 0.163 e. The van der Waals surface area contributed by atoms with Crippen LogP contribution in [0.5, 0.6) is 0 Å². The van der Waals surface area contributed by atoms with Crippen LogP contribution in [0, 0.1) is 0 Å². The maximum atomic E-state index is 10.1. The Morgan fingerprint density at radius 3 is 2.50 bits per heavy atom. The molecule has 3 heteroatoms. The van der Waals surface area contributed by atoms with Gasteiger partial charge in [0.15, 0.2) is 5.78 Å². The highest BCUT2D eigenvalue weighted by Crippen LogP contribution is 1.78. The normalized spacial score (nSPS) is 7.50. The second-order valence-electron chi connectivity index (χ2n) is 0.815. The van der Waals surface area contributed by atoms with Crippen molar-refractivity contribution in [3.63, 3.8) is 0 Å². The Morgan fingerprint density at radius 1 is 2.00 bits per heavy atom. The smallest absolute Gasteiger partial charge is 0.163 e. The summed E-state index contributed by atoms with van der Waals surface area (Å²) in [6.07, 6.45) is 0.503. The molecule has 0 aliphatic carbocycles. The lowest BCUT2D eigenvalue weighted by atomic mass is 10.5. The van der Waals surface area contributed by atoms with Crippen LogP contribution in [0.4, 0.5) is 0 Å². The van der Waals surface area contributed by atoms with Crippen LogP contribution in [-0.2, 0) is 4.79 Å². The summed E-state index contributed by atoms with van der Waals surface area (Å²) in [5, 5.41) is 0. The second-order valence-corrected chi connectivity index (χ2v) is 1.51. The van der Waals surface area contributed by atoms with Crippen LogP contribution in [0.25, 0.3) is 0 Å². The van der Waals surface area contributed by atoms with Crippen LogP contribution in [-0.4, -0.2) is 17.7 Å². The third kappa shape index (κ3) is 2.50. The Morgan fingerprint density at radius 2 is 2.50 bits per heavy atom. The molecule has 0 heterocycles. The molecule has 0 aromatic carbocycles. The van der Waals surface area contributed by atoms with Gasteiger partial charge in [0, 0.05) is 12.0 Å². The molecule has 0 bridgehead atoms. The average molecular weight is 120 g/mol. The fourth-order valence-corrected chi connectivity index (χ4v) is 0.530. The molecule has 0 aliphatic rings. The molecule has 6 heavy (non-hydrogen) atoms. The molecule has 0 saturated carbocycles. The van der Waals surface area contributed by atoms with E-state index >= 15 is 0 Å². The zero-order chi connectivity index (χ0) is 4.99. The average Bonchev–Trinajstić information content (AvgIpc) is 1.65. The van der Waals surface area contributed by atoms with Crippen LogP contribution < -0.4 is 0 Å². The first-order chi connectivity index (χ1) is 2.81.